The molecule has 1 saturated carbocycles. The number of nitrogens with one attached hydrogen (secondary N) is 2. The molecule has 1 fully saturated rings. The second-order valence-corrected chi connectivity index (χ2v) is 6.95. The van der Waals surface area contributed by atoms with E-state index in [4.69, 9.17) is 11.6 Å². The summed E-state index contributed by atoms with van der Waals surface area (Å²) in [4.78, 5) is 16.3. The summed E-state index contributed by atoms with van der Waals surface area (Å²) in [6.07, 6.45) is 5.98. The normalized spacial score (nSPS) is 19.6. The van der Waals surface area contributed by atoms with E-state index in [1.165, 1.54) is 0 Å². The summed E-state index contributed by atoms with van der Waals surface area (Å²) in [6, 6.07) is 7.40. The van der Waals surface area contributed by atoms with Crippen molar-refractivity contribution in [2.75, 3.05) is 10.6 Å². The first-order chi connectivity index (χ1) is 12.0. The molecule has 5 nitrogen and oxygen atoms in total. The number of carbonyl (C=O) groups excluding carboxylic acids is 1. The highest BCUT2D eigenvalue weighted by molar-refractivity contribution is 6.31. The highest BCUT2D eigenvalue weighted by Gasteiger charge is 2.25. The van der Waals surface area contributed by atoms with Crippen LogP contribution in [0.5, 0.6) is 0 Å². The van der Waals surface area contributed by atoms with Crippen molar-refractivity contribution in [2.24, 2.45) is 0 Å². The number of aliphatic hydroxyl groups excluding tert-OH is 1. The van der Waals surface area contributed by atoms with Gasteiger partial charge in [-0.3, -0.25) is 9.78 Å². The third-order valence-electron chi connectivity index (χ3n) is 4.47. The van der Waals surface area contributed by atoms with Gasteiger partial charge in [-0.15, -0.1) is 0 Å². The van der Waals surface area contributed by atoms with Crippen LogP contribution in [0.15, 0.2) is 36.7 Å². The Hall–Kier alpha value is -2.11. The van der Waals surface area contributed by atoms with Crippen LogP contribution in [0.4, 0.5) is 11.4 Å². The van der Waals surface area contributed by atoms with E-state index < -0.39 is 0 Å². The van der Waals surface area contributed by atoms with Crippen LogP contribution in [0.3, 0.4) is 0 Å². The molecule has 1 amide bonds. The summed E-state index contributed by atoms with van der Waals surface area (Å²) in [5, 5.41) is 16.7. The molecule has 2 aromatic rings. The predicted molar refractivity (Wildman–Crippen MR) is 100 cm³/mol. The van der Waals surface area contributed by atoms with Crippen molar-refractivity contribution in [3.8, 4) is 0 Å². The minimum Gasteiger partial charge on any atom is -0.391 e. The lowest BCUT2D eigenvalue weighted by atomic mass is 10.1. The van der Waals surface area contributed by atoms with E-state index in [0.29, 0.717) is 10.7 Å². The van der Waals surface area contributed by atoms with E-state index in [9.17, 15) is 9.90 Å². The van der Waals surface area contributed by atoms with Crippen molar-refractivity contribution < 1.29 is 9.90 Å². The van der Waals surface area contributed by atoms with Crippen LogP contribution in [0, 0.1) is 6.92 Å². The van der Waals surface area contributed by atoms with Gasteiger partial charge in [-0.1, -0.05) is 11.6 Å². The maximum absolute atomic E-state index is 12.3. The van der Waals surface area contributed by atoms with Crippen molar-refractivity contribution in [3.63, 3.8) is 0 Å². The van der Waals surface area contributed by atoms with Gasteiger partial charge >= 0.3 is 0 Å². The Morgan fingerprint density at radius 1 is 1.36 bits per heavy atom. The van der Waals surface area contributed by atoms with Gasteiger partial charge in [-0.05, 0) is 61.6 Å². The van der Waals surface area contributed by atoms with Gasteiger partial charge in [0.05, 0.1) is 30.5 Å². The van der Waals surface area contributed by atoms with Gasteiger partial charge in [0.2, 0.25) is 5.91 Å². The molecule has 0 aliphatic heterocycles. The van der Waals surface area contributed by atoms with Crippen molar-refractivity contribution >= 4 is 28.9 Å². The molecule has 25 heavy (non-hydrogen) atoms. The third-order valence-corrected chi connectivity index (χ3v) is 4.69. The molecule has 0 radical (unpaired) electrons. The van der Waals surface area contributed by atoms with Gasteiger partial charge in [-0.2, -0.15) is 0 Å². The lowest BCUT2D eigenvalue weighted by molar-refractivity contribution is -0.115. The van der Waals surface area contributed by atoms with Crippen molar-refractivity contribution in [2.45, 2.75) is 44.8 Å². The number of aromatic nitrogens is 1. The average molecular weight is 360 g/mol. The molecule has 1 aliphatic carbocycles. The minimum absolute atomic E-state index is 0.0400. The molecule has 0 saturated heterocycles. The topological polar surface area (TPSA) is 74.2 Å². The number of carbonyl (C=O) groups is 1. The summed E-state index contributed by atoms with van der Waals surface area (Å²) < 4.78 is 0. The molecule has 132 valence electrons. The van der Waals surface area contributed by atoms with Gasteiger partial charge in [-0.25, -0.2) is 0 Å². The number of aliphatic hydroxyl groups is 1. The number of hydrogen-bond acceptors (Lipinski definition) is 4. The first-order valence-corrected chi connectivity index (χ1v) is 8.83. The van der Waals surface area contributed by atoms with E-state index in [2.05, 4.69) is 15.6 Å². The SMILES string of the molecule is Cc1ccncc1NC(=O)Cc1cc(Cl)cc(NC2CCCC2O)c1. The van der Waals surface area contributed by atoms with Crippen LogP contribution >= 0.6 is 11.6 Å². The molecule has 3 N–H and O–H groups in total. The largest absolute Gasteiger partial charge is 0.391 e. The van der Waals surface area contributed by atoms with E-state index in [0.717, 1.165) is 36.1 Å². The van der Waals surface area contributed by atoms with Gasteiger partial charge in [0.15, 0.2) is 0 Å². The Labute approximate surface area is 152 Å². The molecule has 3 rings (SSSR count). The third kappa shape index (κ3) is 4.71. The lowest BCUT2D eigenvalue weighted by Crippen LogP contribution is -2.27. The minimum atomic E-state index is -0.334. The monoisotopic (exact) mass is 359 g/mol. The molecule has 1 aliphatic rings. The zero-order valence-corrected chi connectivity index (χ0v) is 14.9. The number of pyridine rings is 1. The lowest BCUT2D eigenvalue weighted by Gasteiger charge is -2.18. The first-order valence-electron chi connectivity index (χ1n) is 8.46. The highest BCUT2D eigenvalue weighted by Crippen LogP contribution is 2.26. The number of nitrogens with zero attached hydrogens (tertiary/aromatic N) is 1. The van der Waals surface area contributed by atoms with E-state index in [1.807, 2.05) is 25.1 Å². The Bertz CT molecular complexity index is 766. The van der Waals surface area contributed by atoms with Crippen molar-refractivity contribution in [3.05, 3.63) is 52.8 Å². The molecule has 1 heterocycles. The number of aryl methyl sites for hydroxylation is 1. The van der Waals surface area contributed by atoms with E-state index in [1.54, 1.807) is 18.5 Å². The Morgan fingerprint density at radius 2 is 2.20 bits per heavy atom. The molecular weight excluding hydrogens is 338 g/mol. The van der Waals surface area contributed by atoms with Crippen LogP contribution in [-0.2, 0) is 11.2 Å². The van der Waals surface area contributed by atoms with Gasteiger partial charge in [0.1, 0.15) is 0 Å². The Balaban J connectivity index is 1.67. The van der Waals surface area contributed by atoms with Crippen LogP contribution in [0.2, 0.25) is 5.02 Å². The van der Waals surface area contributed by atoms with Gasteiger partial charge in [0.25, 0.3) is 0 Å². The second kappa shape index (κ2) is 7.85. The first kappa shape index (κ1) is 17.7. The molecule has 2 unspecified atom stereocenters. The molecule has 1 aromatic heterocycles. The summed E-state index contributed by atoms with van der Waals surface area (Å²) in [7, 11) is 0. The van der Waals surface area contributed by atoms with Crippen molar-refractivity contribution in [1.29, 1.82) is 0 Å². The predicted octanol–water partition coefficient (Wildman–Crippen LogP) is 3.55. The molecular formula is C19H22ClN3O2. The number of hydrogen-bond donors (Lipinski definition) is 3. The Morgan fingerprint density at radius 3 is 2.92 bits per heavy atom. The average Bonchev–Trinajstić information content (AvgIpc) is 2.94. The van der Waals surface area contributed by atoms with E-state index in [-0.39, 0.29) is 24.5 Å². The molecule has 0 spiro atoms. The van der Waals surface area contributed by atoms with Gasteiger partial charge < -0.3 is 15.7 Å². The summed E-state index contributed by atoms with van der Waals surface area (Å²) in [5.74, 6) is -0.120. The summed E-state index contributed by atoms with van der Waals surface area (Å²) in [5.41, 5.74) is 3.33. The molecule has 1 aromatic carbocycles. The molecule has 6 heteroatoms. The smallest absolute Gasteiger partial charge is 0.228 e. The number of amides is 1. The maximum atomic E-state index is 12.3. The molecule has 0 bridgehead atoms. The summed E-state index contributed by atoms with van der Waals surface area (Å²) in [6.45, 7) is 1.92. The van der Waals surface area contributed by atoms with Crippen LogP contribution in [-0.4, -0.2) is 28.1 Å². The fourth-order valence-electron chi connectivity index (χ4n) is 3.13. The van der Waals surface area contributed by atoms with Crippen LogP contribution < -0.4 is 10.6 Å². The zero-order chi connectivity index (χ0) is 17.8. The number of anilines is 2. The number of benzene rings is 1. The maximum Gasteiger partial charge on any atom is 0.228 e. The number of halogens is 1. The van der Waals surface area contributed by atoms with Crippen LogP contribution in [0.25, 0.3) is 0 Å². The van der Waals surface area contributed by atoms with E-state index >= 15 is 0 Å². The number of rotatable bonds is 5. The fraction of sp³-hybridized carbons (Fsp3) is 0.368. The molecule has 2 atom stereocenters. The highest BCUT2D eigenvalue weighted by atomic mass is 35.5. The standard InChI is InChI=1S/C19H22ClN3O2/c1-12-5-6-21-11-17(12)23-19(25)9-13-7-14(20)10-15(8-13)22-16-3-2-4-18(16)24/h5-8,10-11,16,18,22,24H,2-4,9H2,1H3,(H,23,25). The zero-order valence-electron chi connectivity index (χ0n) is 14.1. The van der Waals surface area contributed by atoms with Gasteiger partial charge in [0, 0.05) is 16.9 Å². The fourth-order valence-corrected chi connectivity index (χ4v) is 3.39. The van der Waals surface area contributed by atoms with Crippen LogP contribution in [0.1, 0.15) is 30.4 Å². The Kier molecular flexibility index (Phi) is 5.56. The summed E-state index contributed by atoms with van der Waals surface area (Å²) >= 11 is 6.20. The van der Waals surface area contributed by atoms with Crippen molar-refractivity contribution in [1.82, 2.24) is 4.98 Å². The second-order valence-electron chi connectivity index (χ2n) is 6.51. The quantitative estimate of drug-likeness (QED) is 0.763.